The maximum absolute atomic E-state index is 12.8. The van der Waals surface area contributed by atoms with E-state index in [1.54, 1.807) is 57.7 Å². The van der Waals surface area contributed by atoms with Gasteiger partial charge in [-0.05, 0) is 68.0 Å². The average Bonchev–Trinajstić information content (AvgIpc) is 4.22. The van der Waals surface area contributed by atoms with Crippen molar-refractivity contribution in [3.05, 3.63) is 132 Å². The number of rotatable bonds is 8. The minimum absolute atomic E-state index is 0. The lowest BCUT2D eigenvalue weighted by atomic mass is 9.95. The molecular formula is C44H47ClN12O7. The van der Waals surface area contributed by atoms with E-state index >= 15 is 0 Å². The number of carbonyl (C=O) groups excluding carboxylic acids is 4. The summed E-state index contributed by atoms with van der Waals surface area (Å²) in [6.45, 7) is 2.28. The van der Waals surface area contributed by atoms with Crippen molar-refractivity contribution in [1.29, 1.82) is 0 Å². The third-order valence-corrected chi connectivity index (χ3v) is 11.2. The van der Waals surface area contributed by atoms with Crippen LogP contribution in [-0.4, -0.2) is 110 Å². The van der Waals surface area contributed by atoms with Crippen LogP contribution in [0.4, 0.5) is 11.6 Å². The fourth-order valence-corrected chi connectivity index (χ4v) is 7.44. The molecule has 2 fully saturated rings. The number of aromatic nitrogens is 8. The summed E-state index contributed by atoms with van der Waals surface area (Å²) < 4.78 is 15.9. The van der Waals surface area contributed by atoms with Gasteiger partial charge in [0.05, 0.1) is 17.4 Å². The fourth-order valence-electron chi connectivity index (χ4n) is 7.44. The molecule has 0 spiro atoms. The number of amides is 3. The Bertz CT molecular complexity index is 2600. The van der Waals surface area contributed by atoms with Crippen LogP contribution in [0.15, 0.2) is 97.3 Å². The number of halogens is 1. The molecule has 6 aromatic rings. The highest BCUT2D eigenvalue weighted by Gasteiger charge is 2.50. The van der Waals surface area contributed by atoms with Crippen LogP contribution in [0.1, 0.15) is 76.6 Å². The van der Waals surface area contributed by atoms with E-state index in [1.165, 1.54) is 15.4 Å². The number of nitrogens with two attached hydrogens (primary N) is 1. The van der Waals surface area contributed by atoms with Gasteiger partial charge in [0.1, 0.15) is 36.9 Å². The number of likely N-dealkylation sites (N-methyl/N-ethyl adjacent to an activating group) is 2. The van der Waals surface area contributed by atoms with Crippen LogP contribution in [-0.2, 0) is 25.2 Å². The summed E-state index contributed by atoms with van der Waals surface area (Å²) in [6.07, 6.45) is 7.13. The lowest BCUT2D eigenvalue weighted by Gasteiger charge is -2.19. The number of hydrogen-bond acceptors (Lipinski definition) is 14. The van der Waals surface area contributed by atoms with Gasteiger partial charge in [0.15, 0.2) is 23.1 Å². The quantitative estimate of drug-likeness (QED) is 0.159. The first kappa shape index (κ1) is 44.8. The number of H-pyrrole nitrogens is 2. The Morgan fingerprint density at radius 3 is 1.73 bits per heavy atom. The Kier molecular flexibility index (Phi) is 13.3. The molecule has 4 aromatic heterocycles. The van der Waals surface area contributed by atoms with Crippen LogP contribution >= 0.6 is 12.4 Å². The normalized spacial score (nSPS) is 18.5. The summed E-state index contributed by atoms with van der Waals surface area (Å²) in [4.78, 5) is 68.5. The standard InChI is InChI=1S/C21H20N6O3.C14H15N3O2.C9H11N3O2.ClH/c1-27-17-15(8-5-11-22-17)30-12-14(19(27)29)23-18(28)16-24-20(26-25-16)21(9-10-21)13-6-3-2-4-7-13;1-2-19-12(18)11-15-13(17-16-11)14(8-9-14)10-6-4-3-5-7-10;1-12-8-7(3-2-4-11-8)14-5-6(10)9(12)13;/h2-8,11,14H,9-10,12H2,1H3,(H,23,28)(H,24,25,26);3-7H,2,8-9H2,1H3,(H,15,16,17);2-4,6H,5,10H2,1H3;1H/t14-;;6-;/m0.0./s1. The van der Waals surface area contributed by atoms with Crippen LogP contribution < -0.4 is 30.3 Å². The van der Waals surface area contributed by atoms with Gasteiger partial charge in [-0.2, -0.15) is 0 Å². The van der Waals surface area contributed by atoms with Crippen molar-refractivity contribution < 1.29 is 33.4 Å². The van der Waals surface area contributed by atoms with E-state index in [0.717, 1.165) is 37.1 Å². The highest BCUT2D eigenvalue weighted by molar-refractivity contribution is 6.02. The van der Waals surface area contributed by atoms with Crippen molar-refractivity contribution in [2.45, 2.75) is 55.5 Å². The Hall–Kier alpha value is -7.25. The summed E-state index contributed by atoms with van der Waals surface area (Å²) in [7, 11) is 3.24. The van der Waals surface area contributed by atoms with Crippen molar-refractivity contribution in [1.82, 2.24) is 45.6 Å². The third kappa shape index (κ3) is 9.11. The van der Waals surface area contributed by atoms with Crippen LogP contribution in [0, 0.1) is 0 Å². The molecule has 2 saturated carbocycles. The molecule has 2 aliphatic carbocycles. The molecule has 10 rings (SSSR count). The zero-order chi connectivity index (χ0) is 44.1. The van der Waals surface area contributed by atoms with E-state index in [-0.39, 0.29) is 59.9 Å². The van der Waals surface area contributed by atoms with Crippen molar-refractivity contribution in [2.75, 3.05) is 43.7 Å². The van der Waals surface area contributed by atoms with E-state index in [9.17, 15) is 19.2 Å². The first-order chi connectivity index (χ1) is 30.5. The van der Waals surface area contributed by atoms with E-state index in [0.29, 0.717) is 35.6 Å². The molecule has 6 heterocycles. The predicted octanol–water partition coefficient (Wildman–Crippen LogP) is 3.68. The minimum atomic E-state index is -0.873. The number of nitrogens with one attached hydrogen (secondary N) is 3. The molecule has 4 aliphatic rings. The van der Waals surface area contributed by atoms with Crippen LogP contribution in [0.25, 0.3) is 0 Å². The molecular weight excluding hydrogens is 844 g/mol. The molecule has 5 N–H and O–H groups in total. The molecule has 0 bridgehead atoms. The third-order valence-electron chi connectivity index (χ3n) is 11.2. The SMILES string of the molecule is CCOC(=O)c1n[nH]c(C2(c3ccccc3)CC2)n1.CN1C(=O)[C@@H](N)COc2cccnc21.CN1C(=O)[C@@H](NC(=O)c2n[nH]c(C3(c4ccccc4)CC3)n2)COc2cccnc21.Cl. The fraction of sp³-hybridized carbons (Fsp3) is 0.318. The second kappa shape index (κ2) is 19.0. The highest BCUT2D eigenvalue weighted by Crippen LogP contribution is 2.52. The number of aromatic amines is 2. The Labute approximate surface area is 373 Å². The molecule has 2 aliphatic heterocycles. The van der Waals surface area contributed by atoms with Crippen molar-refractivity contribution in [2.24, 2.45) is 5.73 Å². The van der Waals surface area contributed by atoms with Gasteiger partial charge in [0.25, 0.3) is 17.6 Å². The zero-order valence-corrected chi connectivity index (χ0v) is 36.1. The molecule has 0 radical (unpaired) electrons. The largest absolute Gasteiger partial charge is 0.488 e. The van der Waals surface area contributed by atoms with E-state index < -0.39 is 24.0 Å². The van der Waals surface area contributed by atoms with Crippen LogP contribution in [0.3, 0.4) is 0 Å². The number of pyridine rings is 2. The van der Waals surface area contributed by atoms with Crippen LogP contribution in [0.2, 0.25) is 0 Å². The van der Waals surface area contributed by atoms with Gasteiger partial charge in [-0.25, -0.2) is 24.7 Å². The number of esters is 1. The molecule has 0 unspecified atom stereocenters. The van der Waals surface area contributed by atoms with Crippen molar-refractivity contribution in [3.8, 4) is 11.5 Å². The second-order valence-corrected chi connectivity index (χ2v) is 15.3. The average molecular weight is 891 g/mol. The zero-order valence-electron chi connectivity index (χ0n) is 35.3. The summed E-state index contributed by atoms with van der Waals surface area (Å²) in [5.41, 5.74) is 7.64. The van der Waals surface area contributed by atoms with Gasteiger partial charge in [0, 0.05) is 26.5 Å². The summed E-state index contributed by atoms with van der Waals surface area (Å²) in [5.74, 6) is 2.04. The van der Waals surface area contributed by atoms with E-state index in [1.807, 2.05) is 36.4 Å². The predicted molar refractivity (Wildman–Crippen MR) is 234 cm³/mol. The van der Waals surface area contributed by atoms with Crippen molar-refractivity contribution in [3.63, 3.8) is 0 Å². The summed E-state index contributed by atoms with van der Waals surface area (Å²) in [6, 6.07) is 25.7. The topological polar surface area (TPSA) is 249 Å². The smallest absolute Gasteiger partial charge is 0.378 e. The lowest BCUT2D eigenvalue weighted by Crippen LogP contribution is -2.49. The minimum Gasteiger partial charge on any atom is -0.488 e. The number of benzene rings is 2. The molecule has 3 amide bonds. The molecule has 2 aromatic carbocycles. The van der Waals surface area contributed by atoms with Crippen LogP contribution in [0.5, 0.6) is 11.5 Å². The number of ether oxygens (including phenoxy) is 3. The monoisotopic (exact) mass is 890 g/mol. The first-order valence-electron chi connectivity index (χ1n) is 20.5. The number of carbonyl (C=O) groups is 4. The second-order valence-electron chi connectivity index (χ2n) is 15.3. The molecule has 2 atom stereocenters. The number of nitrogens with zero attached hydrogens (tertiary/aromatic N) is 8. The summed E-state index contributed by atoms with van der Waals surface area (Å²) in [5, 5.41) is 16.5. The summed E-state index contributed by atoms with van der Waals surface area (Å²) >= 11 is 0. The van der Waals surface area contributed by atoms with Gasteiger partial charge >= 0.3 is 5.97 Å². The lowest BCUT2D eigenvalue weighted by molar-refractivity contribution is -0.121. The van der Waals surface area contributed by atoms with Gasteiger partial charge in [-0.1, -0.05) is 60.7 Å². The highest BCUT2D eigenvalue weighted by atomic mass is 35.5. The maximum Gasteiger partial charge on any atom is 0.378 e. The van der Waals surface area contributed by atoms with Gasteiger partial charge in [-0.3, -0.25) is 34.4 Å². The Morgan fingerprint density at radius 1 is 0.734 bits per heavy atom. The molecule has 64 heavy (non-hydrogen) atoms. The number of anilines is 2. The van der Waals surface area contributed by atoms with Gasteiger partial charge in [-0.15, -0.1) is 22.6 Å². The molecule has 0 saturated heterocycles. The number of hydrogen-bond donors (Lipinski definition) is 4. The Balaban J connectivity index is 0.000000155. The van der Waals surface area contributed by atoms with Crippen molar-refractivity contribution >= 4 is 47.7 Å². The van der Waals surface area contributed by atoms with E-state index in [2.05, 4.69) is 69.9 Å². The van der Waals surface area contributed by atoms with Gasteiger partial charge < -0.3 is 25.3 Å². The Morgan fingerprint density at radius 2 is 1.22 bits per heavy atom. The maximum atomic E-state index is 12.8. The molecule has 332 valence electrons. The van der Waals surface area contributed by atoms with Gasteiger partial charge in [0.2, 0.25) is 11.7 Å². The van der Waals surface area contributed by atoms with E-state index in [4.69, 9.17) is 19.9 Å². The molecule has 20 heteroatoms. The molecule has 19 nitrogen and oxygen atoms in total. The number of fused-ring (bicyclic) bond motifs is 2. The first-order valence-corrected chi connectivity index (χ1v) is 20.5.